The van der Waals surface area contributed by atoms with Crippen molar-refractivity contribution in [2.75, 3.05) is 40.3 Å². The highest BCUT2D eigenvalue weighted by Crippen LogP contribution is 2.16. The van der Waals surface area contributed by atoms with E-state index in [9.17, 15) is 0 Å². The molecule has 0 aliphatic carbocycles. The van der Waals surface area contributed by atoms with Gasteiger partial charge in [-0.05, 0) is 65.2 Å². The molecule has 1 N–H and O–H groups in total. The number of aryl methyl sites for hydroxylation is 1. The molecule has 0 fully saturated rings. The average molecular weight is 281 g/mol. The number of hydrogen-bond donors (Lipinski definition) is 1. The van der Waals surface area contributed by atoms with Crippen LogP contribution < -0.4 is 5.32 Å². The molecule has 0 aliphatic rings. The Kier molecular flexibility index (Phi) is 7.88. The quantitative estimate of drug-likeness (QED) is 0.714. The van der Waals surface area contributed by atoms with Crippen LogP contribution in [0, 0.1) is 6.92 Å². The van der Waals surface area contributed by atoms with E-state index in [2.05, 4.69) is 56.0 Å². The Morgan fingerprint density at radius 2 is 1.95 bits per heavy atom. The largest absolute Gasteiger partial charge is 0.463 e. The van der Waals surface area contributed by atoms with Crippen molar-refractivity contribution < 1.29 is 4.42 Å². The van der Waals surface area contributed by atoms with Crippen LogP contribution in [-0.2, 0) is 13.1 Å². The van der Waals surface area contributed by atoms with Crippen molar-refractivity contribution in [3.63, 3.8) is 0 Å². The summed E-state index contributed by atoms with van der Waals surface area (Å²) in [5.41, 5.74) is 1.25. The zero-order chi connectivity index (χ0) is 15.0. The lowest BCUT2D eigenvalue weighted by Crippen LogP contribution is -2.26. The van der Waals surface area contributed by atoms with E-state index in [0.29, 0.717) is 0 Å². The first-order valence-corrected chi connectivity index (χ1v) is 7.72. The van der Waals surface area contributed by atoms with Crippen molar-refractivity contribution in [1.29, 1.82) is 0 Å². The number of hydrogen-bond acceptors (Lipinski definition) is 4. The number of nitrogens with zero attached hydrogens (tertiary/aromatic N) is 2. The summed E-state index contributed by atoms with van der Waals surface area (Å²) in [5.74, 6) is 2.16. The second-order valence-electron chi connectivity index (χ2n) is 5.62. The minimum Gasteiger partial charge on any atom is -0.463 e. The maximum atomic E-state index is 5.96. The monoisotopic (exact) mass is 281 g/mol. The van der Waals surface area contributed by atoms with Crippen LogP contribution in [0.1, 0.15) is 37.4 Å². The van der Waals surface area contributed by atoms with E-state index >= 15 is 0 Å². The maximum Gasteiger partial charge on any atom is 0.120 e. The Labute approximate surface area is 124 Å². The molecule has 4 heteroatoms. The Balaban J connectivity index is 2.48. The molecule has 0 bridgehead atoms. The van der Waals surface area contributed by atoms with Gasteiger partial charge in [-0.1, -0.05) is 13.8 Å². The zero-order valence-electron chi connectivity index (χ0n) is 13.8. The fourth-order valence-corrected chi connectivity index (χ4v) is 2.26. The van der Waals surface area contributed by atoms with Crippen molar-refractivity contribution in [2.24, 2.45) is 0 Å². The summed E-state index contributed by atoms with van der Waals surface area (Å²) in [6.07, 6.45) is 1.20. The summed E-state index contributed by atoms with van der Waals surface area (Å²) < 4.78 is 5.96. The van der Waals surface area contributed by atoms with E-state index in [4.69, 9.17) is 4.42 Å². The molecule has 1 rings (SSSR count). The standard InChI is InChI=1S/C16H31N3O/c1-6-17-12-16-14(3)11-15(20-16)13-19(7-2)10-8-9-18(4)5/h11,17H,6-10,12-13H2,1-5H3. The molecule has 0 saturated heterocycles. The smallest absolute Gasteiger partial charge is 0.120 e. The van der Waals surface area contributed by atoms with Gasteiger partial charge in [0.05, 0.1) is 13.1 Å². The lowest BCUT2D eigenvalue weighted by Gasteiger charge is -2.20. The SMILES string of the molecule is CCNCc1oc(CN(CC)CCCN(C)C)cc1C. The molecule has 20 heavy (non-hydrogen) atoms. The van der Waals surface area contributed by atoms with Crippen molar-refractivity contribution in [1.82, 2.24) is 15.1 Å². The molecule has 4 nitrogen and oxygen atoms in total. The minimum absolute atomic E-state index is 0.828. The molecule has 1 aromatic rings. The summed E-state index contributed by atoms with van der Waals surface area (Å²) in [7, 11) is 4.25. The summed E-state index contributed by atoms with van der Waals surface area (Å²) in [5, 5.41) is 3.32. The Morgan fingerprint density at radius 3 is 2.55 bits per heavy atom. The van der Waals surface area contributed by atoms with Gasteiger partial charge in [0, 0.05) is 0 Å². The molecule has 0 amide bonds. The molecule has 0 aromatic carbocycles. The molecule has 0 saturated carbocycles. The van der Waals surface area contributed by atoms with Gasteiger partial charge >= 0.3 is 0 Å². The topological polar surface area (TPSA) is 31.7 Å². The molecule has 0 unspecified atom stereocenters. The third kappa shape index (κ3) is 6.07. The molecule has 0 spiro atoms. The summed E-state index contributed by atoms with van der Waals surface area (Å²) >= 11 is 0. The van der Waals surface area contributed by atoms with Gasteiger partial charge in [-0.25, -0.2) is 0 Å². The number of rotatable bonds is 10. The van der Waals surface area contributed by atoms with E-state index in [-0.39, 0.29) is 0 Å². The predicted molar refractivity (Wildman–Crippen MR) is 84.9 cm³/mol. The highest BCUT2D eigenvalue weighted by Gasteiger charge is 2.10. The third-order valence-corrected chi connectivity index (χ3v) is 3.51. The maximum absolute atomic E-state index is 5.96. The van der Waals surface area contributed by atoms with Gasteiger partial charge in [-0.3, -0.25) is 4.90 Å². The minimum atomic E-state index is 0.828. The molecule has 0 aliphatic heterocycles. The van der Waals surface area contributed by atoms with Crippen LogP contribution in [-0.4, -0.2) is 50.1 Å². The van der Waals surface area contributed by atoms with Crippen molar-refractivity contribution in [3.05, 3.63) is 23.2 Å². The Morgan fingerprint density at radius 1 is 1.20 bits per heavy atom. The van der Waals surface area contributed by atoms with E-state index in [1.807, 2.05) is 0 Å². The lowest BCUT2D eigenvalue weighted by molar-refractivity contribution is 0.238. The van der Waals surface area contributed by atoms with Crippen molar-refractivity contribution >= 4 is 0 Å². The van der Waals surface area contributed by atoms with Crippen molar-refractivity contribution in [2.45, 2.75) is 40.3 Å². The fraction of sp³-hybridized carbons (Fsp3) is 0.750. The van der Waals surface area contributed by atoms with Crippen molar-refractivity contribution in [3.8, 4) is 0 Å². The average Bonchev–Trinajstić information content (AvgIpc) is 2.75. The van der Waals surface area contributed by atoms with E-state index < -0.39 is 0 Å². The number of nitrogens with one attached hydrogen (secondary N) is 1. The highest BCUT2D eigenvalue weighted by atomic mass is 16.3. The van der Waals surface area contributed by atoms with Crippen LogP contribution in [0.5, 0.6) is 0 Å². The van der Waals surface area contributed by atoms with Crippen LogP contribution in [0.25, 0.3) is 0 Å². The predicted octanol–water partition coefficient (Wildman–Crippen LogP) is 2.47. The fourth-order valence-electron chi connectivity index (χ4n) is 2.26. The van der Waals surface area contributed by atoms with Crippen LogP contribution in [0.3, 0.4) is 0 Å². The summed E-state index contributed by atoms with van der Waals surface area (Å²) in [4.78, 5) is 4.68. The normalized spacial score (nSPS) is 11.8. The first-order valence-electron chi connectivity index (χ1n) is 7.72. The van der Waals surface area contributed by atoms with Gasteiger partial charge in [0.25, 0.3) is 0 Å². The highest BCUT2D eigenvalue weighted by molar-refractivity contribution is 5.20. The van der Waals surface area contributed by atoms with Gasteiger partial charge in [-0.15, -0.1) is 0 Å². The molecular weight excluding hydrogens is 250 g/mol. The molecule has 116 valence electrons. The van der Waals surface area contributed by atoms with Crippen LogP contribution in [0.4, 0.5) is 0 Å². The van der Waals surface area contributed by atoms with E-state index in [1.165, 1.54) is 12.0 Å². The Bertz CT molecular complexity index is 374. The summed E-state index contributed by atoms with van der Waals surface area (Å²) in [6.45, 7) is 12.5. The summed E-state index contributed by atoms with van der Waals surface area (Å²) in [6, 6.07) is 2.18. The van der Waals surface area contributed by atoms with Gasteiger partial charge in [-0.2, -0.15) is 0 Å². The molecule has 0 atom stereocenters. The van der Waals surface area contributed by atoms with E-state index in [0.717, 1.165) is 50.8 Å². The van der Waals surface area contributed by atoms with E-state index in [1.54, 1.807) is 0 Å². The first-order chi connectivity index (χ1) is 9.56. The van der Waals surface area contributed by atoms with Gasteiger partial charge in [0.15, 0.2) is 0 Å². The van der Waals surface area contributed by atoms with Gasteiger partial charge in [0.2, 0.25) is 0 Å². The molecular formula is C16H31N3O. The lowest BCUT2D eigenvalue weighted by atomic mass is 10.2. The number of furan rings is 1. The third-order valence-electron chi connectivity index (χ3n) is 3.51. The van der Waals surface area contributed by atoms with Gasteiger partial charge < -0.3 is 14.6 Å². The molecule has 1 aromatic heterocycles. The van der Waals surface area contributed by atoms with Crippen LogP contribution >= 0.6 is 0 Å². The van der Waals surface area contributed by atoms with Crippen LogP contribution in [0.2, 0.25) is 0 Å². The molecule has 0 radical (unpaired) electrons. The Hall–Kier alpha value is -0.840. The van der Waals surface area contributed by atoms with Crippen LogP contribution in [0.15, 0.2) is 10.5 Å². The van der Waals surface area contributed by atoms with Gasteiger partial charge in [0.1, 0.15) is 11.5 Å². The second kappa shape index (κ2) is 9.16. The first kappa shape index (κ1) is 17.2. The molecule has 1 heterocycles. The zero-order valence-corrected chi connectivity index (χ0v) is 13.8. The second-order valence-corrected chi connectivity index (χ2v) is 5.62.